The SMILES string of the molecule is CC(Cc1ccc(Cl)cc1Cl)c1cccnc1. The first-order chi connectivity index (χ1) is 8.16. The van der Waals surface area contributed by atoms with Crippen molar-refractivity contribution in [3.05, 3.63) is 63.9 Å². The quantitative estimate of drug-likeness (QED) is 0.782. The summed E-state index contributed by atoms with van der Waals surface area (Å²) < 4.78 is 0. The third kappa shape index (κ3) is 3.21. The molecule has 3 heteroatoms. The molecule has 1 atom stereocenters. The van der Waals surface area contributed by atoms with Crippen LogP contribution in [0.4, 0.5) is 0 Å². The van der Waals surface area contributed by atoms with Crippen molar-refractivity contribution in [1.82, 2.24) is 4.98 Å². The maximum atomic E-state index is 6.16. The number of hydrogen-bond donors (Lipinski definition) is 0. The molecule has 0 fully saturated rings. The number of aromatic nitrogens is 1. The standard InChI is InChI=1S/C14H13Cl2N/c1-10(12-3-2-6-17-9-12)7-11-4-5-13(15)8-14(11)16/h2-6,8-10H,7H2,1H3. The average molecular weight is 266 g/mol. The molecule has 88 valence electrons. The van der Waals surface area contributed by atoms with Gasteiger partial charge in [0.25, 0.3) is 0 Å². The summed E-state index contributed by atoms with van der Waals surface area (Å²) >= 11 is 12.0. The highest BCUT2D eigenvalue weighted by Crippen LogP contribution is 2.26. The lowest BCUT2D eigenvalue weighted by Gasteiger charge is -2.12. The Balaban J connectivity index is 2.16. The molecule has 0 bridgehead atoms. The molecule has 1 unspecified atom stereocenters. The Morgan fingerprint density at radius 1 is 1.24 bits per heavy atom. The lowest BCUT2D eigenvalue weighted by atomic mass is 9.95. The summed E-state index contributed by atoms with van der Waals surface area (Å²) in [7, 11) is 0. The van der Waals surface area contributed by atoms with E-state index in [9.17, 15) is 0 Å². The van der Waals surface area contributed by atoms with E-state index < -0.39 is 0 Å². The first kappa shape index (κ1) is 12.4. The minimum absolute atomic E-state index is 0.391. The first-order valence-electron chi connectivity index (χ1n) is 5.50. The number of rotatable bonds is 3. The maximum absolute atomic E-state index is 6.16. The van der Waals surface area contributed by atoms with Gasteiger partial charge in [-0.15, -0.1) is 0 Å². The van der Waals surface area contributed by atoms with Crippen LogP contribution in [0.5, 0.6) is 0 Å². The van der Waals surface area contributed by atoms with E-state index in [2.05, 4.69) is 18.0 Å². The second-order valence-electron chi connectivity index (χ2n) is 4.13. The summed E-state index contributed by atoms with van der Waals surface area (Å²) in [4.78, 5) is 4.13. The van der Waals surface area contributed by atoms with Gasteiger partial charge in [-0.3, -0.25) is 4.98 Å². The largest absolute Gasteiger partial charge is 0.264 e. The van der Waals surface area contributed by atoms with Crippen molar-refractivity contribution in [3.8, 4) is 0 Å². The fraction of sp³-hybridized carbons (Fsp3) is 0.214. The van der Waals surface area contributed by atoms with E-state index in [1.165, 1.54) is 5.56 Å². The maximum Gasteiger partial charge on any atom is 0.0453 e. The van der Waals surface area contributed by atoms with Crippen LogP contribution >= 0.6 is 23.2 Å². The second-order valence-corrected chi connectivity index (χ2v) is 4.97. The molecule has 0 spiro atoms. The molecule has 1 nitrogen and oxygen atoms in total. The van der Waals surface area contributed by atoms with Crippen molar-refractivity contribution in [1.29, 1.82) is 0 Å². The van der Waals surface area contributed by atoms with Crippen LogP contribution in [0, 0.1) is 0 Å². The molecule has 0 aliphatic heterocycles. The summed E-state index contributed by atoms with van der Waals surface area (Å²) in [5.74, 6) is 0.391. The van der Waals surface area contributed by atoms with E-state index in [0.29, 0.717) is 10.9 Å². The van der Waals surface area contributed by atoms with Gasteiger partial charge in [0.1, 0.15) is 0 Å². The van der Waals surface area contributed by atoms with Crippen molar-refractivity contribution in [2.75, 3.05) is 0 Å². The minimum Gasteiger partial charge on any atom is -0.264 e. The van der Waals surface area contributed by atoms with Crippen molar-refractivity contribution >= 4 is 23.2 Å². The van der Waals surface area contributed by atoms with Gasteiger partial charge in [-0.2, -0.15) is 0 Å². The Morgan fingerprint density at radius 2 is 2.06 bits per heavy atom. The van der Waals surface area contributed by atoms with Gasteiger partial charge in [0.2, 0.25) is 0 Å². The van der Waals surface area contributed by atoms with Gasteiger partial charge >= 0.3 is 0 Å². The van der Waals surface area contributed by atoms with Crippen molar-refractivity contribution in [3.63, 3.8) is 0 Å². The number of pyridine rings is 1. The van der Waals surface area contributed by atoms with E-state index in [1.54, 1.807) is 12.3 Å². The third-order valence-electron chi connectivity index (χ3n) is 2.79. The number of hydrogen-bond acceptors (Lipinski definition) is 1. The molecule has 1 heterocycles. The molecule has 0 aliphatic rings. The Kier molecular flexibility index (Phi) is 4.03. The number of halogens is 2. The fourth-order valence-electron chi connectivity index (χ4n) is 1.80. The highest BCUT2D eigenvalue weighted by atomic mass is 35.5. The molecule has 0 radical (unpaired) electrons. The zero-order chi connectivity index (χ0) is 12.3. The molecule has 2 aromatic rings. The topological polar surface area (TPSA) is 12.9 Å². The van der Waals surface area contributed by atoms with Crippen LogP contribution in [0.1, 0.15) is 24.0 Å². The van der Waals surface area contributed by atoms with E-state index >= 15 is 0 Å². The van der Waals surface area contributed by atoms with Gasteiger partial charge < -0.3 is 0 Å². The lowest BCUT2D eigenvalue weighted by molar-refractivity contribution is 0.755. The number of benzene rings is 1. The monoisotopic (exact) mass is 265 g/mol. The molecule has 0 saturated heterocycles. The molecular weight excluding hydrogens is 253 g/mol. The summed E-state index contributed by atoms with van der Waals surface area (Å²) in [6.45, 7) is 2.17. The van der Waals surface area contributed by atoms with E-state index in [4.69, 9.17) is 23.2 Å². The van der Waals surface area contributed by atoms with E-state index in [1.807, 2.05) is 24.4 Å². The average Bonchev–Trinajstić information content (AvgIpc) is 2.34. The molecule has 0 amide bonds. The summed E-state index contributed by atoms with van der Waals surface area (Å²) in [5.41, 5.74) is 2.34. The van der Waals surface area contributed by atoms with Crippen LogP contribution in [-0.4, -0.2) is 4.98 Å². The van der Waals surface area contributed by atoms with E-state index in [-0.39, 0.29) is 0 Å². The normalized spacial score (nSPS) is 12.4. The second kappa shape index (κ2) is 5.52. The predicted molar refractivity (Wildman–Crippen MR) is 72.8 cm³/mol. The zero-order valence-corrected chi connectivity index (χ0v) is 11.0. The molecule has 1 aromatic carbocycles. The Bertz CT molecular complexity index is 497. The smallest absolute Gasteiger partial charge is 0.0453 e. The van der Waals surface area contributed by atoms with Gasteiger partial charge in [-0.1, -0.05) is 42.3 Å². The molecule has 0 N–H and O–H groups in total. The number of nitrogens with zero attached hydrogens (tertiary/aromatic N) is 1. The van der Waals surface area contributed by atoms with Crippen LogP contribution in [0.25, 0.3) is 0 Å². The Morgan fingerprint density at radius 3 is 2.71 bits per heavy atom. The predicted octanol–water partition coefficient (Wildman–Crippen LogP) is 4.73. The molecule has 0 saturated carbocycles. The van der Waals surface area contributed by atoms with Crippen LogP contribution in [0.2, 0.25) is 10.0 Å². The third-order valence-corrected chi connectivity index (χ3v) is 3.38. The molecule has 0 aliphatic carbocycles. The van der Waals surface area contributed by atoms with Crippen molar-refractivity contribution in [2.24, 2.45) is 0 Å². The Labute approximate surface area is 111 Å². The van der Waals surface area contributed by atoms with Gasteiger partial charge in [0, 0.05) is 22.4 Å². The minimum atomic E-state index is 0.391. The lowest BCUT2D eigenvalue weighted by Crippen LogP contribution is -1.99. The van der Waals surface area contributed by atoms with Gasteiger partial charge in [-0.05, 0) is 41.7 Å². The fourth-order valence-corrected chi connectivity index (χ4v) is 2.29. The summed E-state index contributed by atoms with van der Waals surface area (Å²) in [5, 5.41) is 1.40. The molecule has 17 heavy (non-hydrogen) atoms. The summed E-state index contributed by atoms with van der Waals surface area (Å²) in [6.07, 6.45) is 4.57. The van der Waals surface area contributed by atoms with Crippen LogP contribution in [0.15, 0.2) is 42.7 Å². The van der Waals surface area contributed by atoms with Gasteiger partial charge in [-0.25, -0.2) is 0 Å². The van der Waals surface area contributed by atoms with Crippen molar-refractivity contribution < 1.29 is 0 Å². The van der Waals surface area contributed by atoms with Crippen molar-refractivity contribution in [2.45, 2.75) is 19.3 Å². The Hall–Kier alpha value is -1.05. The molecular formula is C14H13Cl2N. The van der Waals surface area contributed by atoms with Gasteiger partial charge in [0.05, 0.1) is 0 Å². The summed E-state index contributed by atoms with van der Waals surface area (Å²) in [6, 6.07) is 9.68. The highest BCUT2D eigenvalue weighted by Gasteiger charge is 2.09. The highest BCUT2D eigenvalue weighted by molar-refractivity contribution is 6.35. The molecule has 1 aromatic heterocycles. The molecule has 2 rings (SSSR count). The van der Waals surface area contributed by atoms with Gasteiger partial charge in [0.15, 0.2) is 0 Å². The first-order valence-corrected chi connectivity index (χ1v) is 6.26. The van der Waals surface area contributed by atoms with Crippen LogP contribution in [0.3, 0.4) is 0 Å². The van der Waals surface area contributed by atoms with E-state index in [0.717, 1.165) is 17.0 Å². The van der Waals surface area contributed by atoms with Crippen LogP contribution in [-0.2, 0) is 6.42 Å². The zero-order valence-electron chi connectivity index (χ0n) is 9.53. The van der Waals surface area contributed by atoms with Crippen LogP contribution < -0.4 is 0 Å².